The van der Waals surface area contributed by atoms with Gasteiger partial charge in [-0.3, -0.25) is 0 Å². The quantitative estimate of drug-likeness (QED) is 0.812. The van der Waals surface area contributed by atoms with Crippen molar-refractivity contribution in [3.05, 3.63) is 53.1 Å². The van der Waals surface area contributed by atoms with Crippen LogP contribution in [0.25, 0.3) is 0 Å². The maximum Gasteiger partial charge on any atom is 0.0953 e. The van der Waals surface area contributed by atoms with Crippen molar-refractivity contribution >= 4 is 11.6 Å². The van der Waals surface area contributed by atoms with Crippen LogP contribution in [0.1, 0.15) is 24.6 Å². The van der Waals surface area contributed by atoms with Gasteiger partial charge in [0.05, 0.1) is 12.0 Å². The molecule has 2 rings (SSSR count). The first-order valence-electron chi connectivity index (χ1n) is 6.24. The van der Waals surface area contributed by atoms with E-state index in [1.54, 1.807) is 0 Å². The zero-order valence-electron chi connectivity index (χ0n) is 10.6. The summed E-state index contributed by atoms with van der Waals surface area (Å²) in [5.74, 6) is 0. The summed E-state index contributed by atoms with van der Waals surface area (Å²) in [6, 6.07) is 7.90. The van der Waals surface area contributed by atoms with Gasteiger partial charge in [-0.05, 0) is 24.6 Å². The molecule has 0 fully saturated rings. The Morgan fingerprint density at radius 3 is 2.94 bits per heavy atom. The van der Waals surface area contributed by atoms with Gasteiger partial charge in [0, 0.05) is 24.3 Å². The molecule has 0 saturated heterocycles. The summed E-state index contributed by atoms with van der Waals surface area (Å²) in [7, 11) is 0. The van der Waals surface area contributed by atoms with Gasteiger partial charge in [-0.2, -0.15) is 0 Å². The first-order valence-corrected chi connectivity index (χ1v) is 6.62. The fourth-order valence-electron chi connectivity index (χ4n) is 1.80. The van der Waals surface area contributed by atoms with E-state index in [1.807, 2.05) is 30.6 Å². The molecule has 1 heterocycles. The van der Waals surface area contributed by atoms with Crippen LogP contribution in [-0.2, 0) is 13.1 Å². The lowest BCUT2D eigenvalue weighted by Crippen LogP contribution is -2.13. The average Bonchev–Trinajstić information content (AvgIpc) is 2.80. The van der Waals surface area contributed by atoms with Crippen molar-refractivity contribution in [1.29, 1.82) is 0 Å². The van der Waals surface area contributed by atoms with Gasteiger partial charge in [-0.1, -0.05) is 36.7 Å². The maximum atomic E-state index is 6.14. The minimum absolute atomic E-state index is 0.764. The Morgan fingerprint density at radius 1 is 1.33 bits per heavy atom. The van der Waals surface area contributed by atoms with Gasteiger partial charge in [-0.15, -0.1) is 0 Å². The van der Waals surface area contributed by atoms with Crippen molar-refractivity contribution in [3.8, 4) is 0 Å². The minimum Gasteiger partial charge on any atom is -0.333 e. The molecule has 0 amide bonds. The molecule has 0 aliphatic rings. The molecule has 0 aliphatic heterocycles. The molecule has 0 bridgehead atoms. The van der Waals surface area contributed by atoms with Gasteiger partial charge in [0.2, 0.25) is 0 Å². The van der Waals surface area contributed by atoms with E-state index in [9.17, 15) is 0 Å². The zero-order valence-corrected chi connectivity index (χ0v) is 11.3. The Balaban J connectivity index is 1.96. The molecule has 0 unspecified atom stereocenters. The number of nitrogens with one attached hydrogen (secondary N) is 1. The Labute approximate surface area is 113 Å². The van der Waals surface area contributed by atoms with E-state index in [0.29, 0.717) is 0 Å². The van der Waals surface area contributed by atoms with Gasteiger partial charge in [0.15, 0.2) is 0 Å². The van der Waals surface area contributed by atoms with Gasteiger partial charge >= 0.3 is 0 Å². The van der Waals surface area contributed by atoms with E-state index >= 15 is 0 Å². The van der Waals surface area contributed by atoms with Gasteiger partial charge < -0.3 is 9.88 Å². The second-order valence-electron chi connectivity index (χ2n) is 4.31. The predicted octanol–water partition coefficient (Wildman–Crippen LogP) is 3.08. The van der Waals surface area contributed by atoms with E-state index in [4.69, 9.17) is 11.6 Å². The molecule has 0 spiro atoms. The largest absolute Gasteiger partial charge is 0.333 e. The van der Waals surface area contributed by atoms with E-state index in [0.717, 1.165) is 42.3 Å². The van der Waals surface area contributed by atoms with Gasteiger partial charge in [0.1, 0.15) is 0 Å². The van der Waals surface area contributed by atoms with Crippen molar-refractivity contribution in [2.75, 3.05) is 6.54 Å². The van der Waals surface area contributed by atoms with Crippen molar-refractivity contribution in [1.82, 2.24) is 14.9 Å². The highest BCUT2D eigenvalue weighted by Gasteiger charge is 2.02. The monoisotopic (exact) mass is 263 g/mol. The van der Waals surface area contributed by atoms with Crippen LogP contribution < -0.4 is 5.32 Å². The first kappa shape index (κ1) is 13.1. The highest BCUT2D eigenvalue weighted by Crippen LogP contribution is 2.16. The highest BCUT2D eigenvalue weighted by molar-refractivity contribution is 6.31. The predicted molar refractivity (Wildman–Crippen MR) is 74.8 cm³/mol. The summed E-state index contributed by atoms with van der Waals surface area (Å²) in [6.45, 7) is 4.77. The maximum absolute atomic E-state index is 6.14. The molecule has 1 aromatic carbocycles. The smallest absolute Gasteiger partial charge is 0.0953 e. The van der Waals surface area contributed by atoms with E-state index in [-0.39, 0.29) is 0 Å². The lowest BCUT2D eigenvalue weighted by atomic mass is 10.2. The Morgan fingerprint density at radius 2 is 2.17 bits per heavy atom. The molecule has 1 aromatic heterocycles. The Hall–Kier alpha value is -1.32. The van der Waals surface area contributed by atoms with E-state index in [2.05, 4.69) is 28.0 Å². The number of hydrogen-bond acceptors (Lipinski definition) is 2. The van der Waals surface area contributed by atoms with Crippen LogP contribution in [0, 0.1) is 0 Å². The number of halogens is 1. The topological polar surface area (TPSA) is 29.9 Å². The number of hydrogen-bond donors (Lipinski definition) is 1. The van der Waals surface area contributed by atoms with Crippen LogP contribution in [0.15, 0.2) is 36.8 Å². The fraction of sp³-hybridized carbons (Fsp3) is 0.357. The molecule has 4 heteroatoms. The third-order valence-electron chi connectivity index (χ3n) is 2.73. The number of aromatic nitrogens is 2. The van der Waals surface area contributed by atoms with Crippen molar-refractivity contribution in [3.63, 3.8) is 0 Å². The summed E-state index contributed by atoms with van der Waals surface area (Å²) >= 11 is 6.14. The minimum atomic E-state index is 0.764. The van der Waals surface area contributed by atoms with Gasteiger partial charge in [0.25, 0.3) is 0 Å². The Kier molecular flexibility index (Phi) is 4.79. The molecule has 2 aromatic rings. The molecular weight excluding hydrogens is 246 g/mol. The summed E-state index contributed by atoms with van der Waals surface area (Å²) in [5, 5.41) is 4.14. The number of nitrogens with zero attached hydrogens (tertiary/aromatic N) is 2. The molecule has 0 radical (unpaired) electrons. The zero-order chi connectivity index (χ0) is 12.8. The second-order valence-corrected chi connectivity index (χ2v) is 4.71. The lowest BCUT2D eigenvalue weighted by molar-refractivity contribution is 0.665. The van der Waals surface area contributed by atoms with Crippen LogP contribution in [0.5, 0.6) is 0 Å². The molecule has 96 valence electrons. The van der Waals surface area contributed by atoms with Crippen LogP contribution in [-0.4, -0.2) is 16.1 Å². The number of benzene rings is 1. The molecule has 0 saturated carbocycles. The SMILES string of the molecule is CCCNCc1cn(Cc2ccccc2Cl)cn1. The third-order valence-corrected chi connectivity index (χ3v) is 3.10. The molecule has 3 nitrogen and oxygen atoms in total. The average molecular weight is 264 g/mol. The van der Waals surface area contributed by atoms with Crippen LogP contribution in [0.3, 0.4) is 0 Å². The third kappa shape index (κ3) is 3.59. The second kappa shape index (κ2) is 6.57. The van der Waals surface area contributed by atoms with Gasteiger partial charge in [-0.25, -0.2) is 4.98 Å². The first-order chi connectivity index (χ1) is 8.79. The van der Waals surface area contributed by atoms with Crippen molar-refractivity contribution < 1.29 is 0 Å². The van der Waals surface area contributed by atoms with Crippen LogP contribution in [0.4, 0.5) is 0 Å². The lowest BCUT2D eigenvalue weighted by Gasteiger charge is -2.04. The van der Waals surface area contributed by atoms with E-state index < -0.39 is 0 Å². The number of imidazole rings is 1. The van der Waals surface area contributed by atoms with E-state index in [1.165, 1.54) is 0 Å². The molecule has 18 heavy (non-hydrogen) atoms. The van der Waals surface area contributed by atoms with Crippen LogP contribution >= 0.6 is 11.6 Å². The van der Waals surface area contributed by atoms with Crippen molar-refractivity contribution in [2.45, 2.75) is 26.4 Å². The summed E-state index contributed by atoms with van der Waals surface area (Å²) in [4.78, 5) is 4.37. The summed E-state index contributed by atoms with van der Waals surface area (Å²) < 4.78 is 2.06. The Bertz CT molecular complexity index is 493. The number of rotatable bonds is 6. The molecule has 0 atom stereocenters. The summed E-state index contributed by atoms with van der Waals surface area (Å²) in [5.41, 5.74) is 2.18. The normalized spacial score (nSPS) is 10.8. The molecule has 0 aliphatic carbocycles. The molecule has 1 N–H and O–H groups in total. The fourth-order valence-corrected chi connectivity index (χ4v) is 2.00. The highest BCUT2D eigenvalue weighted by atomic mass is 35.5. The standard InChI is InChI=1S/C14H18ClN3/c1-2-7-16-8-13-10-18(11-17-13)9-12-5-3-4-6-14(12)15/h3-6,10-11,16H,2,7-9H2,1H3. The summed E-state index contributed by atoms with van der Waals surface area (Å²) in [6.07, 6.45) is 5.05. The van der Waals surface area contributed by atoms with Crippen molar-refractivity contribution in [2.24, 2.45) is 0 Å². The molecular formula is C14H18ClN3. The van der Waals surface area contributed by atoms with Crippen LogP contribution in [0.2, 0.25) is 5.02 Å².